The fraction of sp³-hybridized carbons (Fsp3) is 0.273. The molecule has 0 fully saturated rings. The molecule has 0 aliphatic rings. The van der Waals surface area contributed by atoms with Crippen LogP contribution in [0, 0.1) is 0 Å². The molecule has 16 heavy (non-hydrogen) atoms. The molecular weight excluding hydrogens is 248 g/mol. The van der Waals surface area contributed by atoms with E-state index < -0.39 is 9.05 Å². The van der Waals surface area contributed by atoms with Crippen molar-refractivity contribution in [2.45, 2.75) is 20.0 Å². The highest BCUT2D eigenvalue weighted by molar-refractivity contribution is 8.16. The van der Waals surface area contributed by atoms with Gasteiger partial charge in [0.25, 0.3) is 9.05 Å². The Morgan fingerprint density at radius 3 is 2.50 bits per heavy atom. The molecule has 0 saturated carbocycles. The minimum absolute atomic E-state index is 0.0298. The Kier molecular flexibility index (Phi) is 4.38. The summed E-state index contributed by atoms with van der Waals surface area (Å²) in [5.41, 5.74) is 0.681. The van der Waals surface area contributed by atoms with Gasteiger partial charge in [0.1, 0.15) is 5.75 Å². The molecule has 1 aromatic carbocycles. The Morgan fingerprint density at radius 2 is 1.94 bits per heavy atom. The second-order valence-corrected chi connectivity index (χ2v) is 6.00. The monoisotopic (exact) mass is 260 g/mol. The van der Waals surface area contributed by atoms with Crippen LogP contribution in [0.5, 0.6) is 5.75 Å². The minimum atomic E-state index is -3.63. The fourth-order valence-corrected chi connectivity index (χ4v) is 1.60. The molecule has 0 aromatic heterocycles. The smallest absolute Gasteiger partial charge is 0.254 e. The lowest BCUT2D eigenvalue weighted by atomic mass is 10.2. The molecule has 1 rings (SSSR count). The average Bonchev–Trinajstić information content (AvgIpc) is 2.14. The van der Waals surface area contributed by atoms with Crippen LogP contribution in [0.4, 0.5) is 0 Å². The summed E-state index contributed by atoms with van der Waals surface area (Å²) < 4.78 is 27.1. The number of ether oxygens (including phenoxy) is 1. The van der Waals surface area contributed by atoms with Gasteiger partial charge in [0.05, 0.1) is 6.10 Å². The van der Waals surface area contributed by atoms with E-state index in [0.29, 0.717) is 11.3 Å². The molecule has 1 aromatic rings. The maximum atomic E-state index is 10.8. The summed E-state index contributed by atoms with van der Waals surface area (Å²) in [4.78, 5) is 0. The van der Waals surface area contributed by atoms with E-state index in [9.17, 15) is 8.42 Å². The lowest BCUT2D eigenvalue weighted by molar-refractivity contribution is 0.242. The molecule has 0 N–H and O–H groups in total. The van der Waals surface area contributed by atoms with Crippen molar-refractivity contribution in [2.75, 3.05) is 0 Å². The Labute approximate surface area is 100 Å². The van der Waals surface area contributed by atoms with Crippen molar-refractivity contribution in [3.8, 4) is 5.75 Å². The maximum absolute atomic E-state index is 10.8. The van der Waals surface area contributed by atoms with Gasteiger partial charge in [0.2, 0.25) is 0 Å². The molecule has 0 radical (unpaired) electrons. The quantitative estimate of drug-likeness (QED) is 0.782. The third-order valence-corrected chi connectivity index (χ3v) is 2.46. The topological polar surface area (TPSA) is 43.4 Å². The highest BCUT2D eigenvalue weighted by atomic mass is 35.7. The molecular formula is C11H13ClO3S. The number of rotatable bonds is 4. The number of hydrogen-bond donors (Lipinski definition) is 0. The molecule has 0 heterocycles. The van der Waals surface area contributed by atoms with Crippen LogP contribution < -0.4 is 4.74 Å². The zero-order chi connectivity index (χ0) is 12.2. The van der Waals surface area contributed by atoms with Crippen molar-refractivity contribution in [1.29, 1.82) is 0 Å². The van der Waals surface area contributed by atoms with Crippen LogP contribution >= 0.6 is 10.7 Å². The Hall–Kier alpha value is -1.00. The summed E-state index contributed by atoms with van der Waals surface area (Å²) in [6, 6.07) is 7.16. The van der Waals surface area contributed by atoms with Crippen molar-refractivity contribution >= 4 is 25.8 Å². The van der Waals surface area contributed by atoms with Crippen molar-refractivity contribution < 1.29 is 13.2 Å². The average molecular weight is 261 g/mol. The van der Waals surface area contributed by atoms with Crippen molar-refractivity contribution in [1.82, 2.24) is 0 Å². The second kappa shape index (κ2) is 5.37. The zero-order valence-corrected chi connectivity index (χ0v) is 10.6. The Bertz CT molecular complexity index is 478. The molecule has 0 amide bonds. The summed E-state index contributed by atoms with van der Waals surface area (Å²) in [6.45, 7) is 3.80. The summed E-state index contributed by atoms with van der Waals surface area (Å²) in [6.07, 6.45) is 1.45. The van der Waals surface area contributed by atoms with E-state index in [1.165, 1.54) is 6.08 Å². The predicted octanol–water partition coefficient (Wildman–Crippen LogP) is 3.01. The van der Waals surface area contributed by atoms with E-state index in [-0.39, 0.29) is 6.10 Å². The molecule has 0 bridgehead atoms. The van der Waals surface area contributed by atoms with E-state index in [4.69, 9.17) is 15.4 Å². The lowest BCUT2D eigenvalue weighted by Gasteiger charge is -2.11. The molecule has 5 heteroatoms. The largest absolute Gasteiger partial charge is 0.490 e. The maximum Gasteiger partial charge on any atom is 0.254 e. The van der Waals surface area contributed by atoms with E-state index >= 15 is 0 Å². The van der Waals surface area contributed by atoms with Crippen molar-refractivity contribution in [2.24, 2.45) is 0 Å². The molecule has 0 spiro atoms. The van der Waals surface area contributed by atoms with E-state index in [0.717, 1.165) is 5.41 Å². The number of para-hydroxylation sites is 1. The van der Waals surface area contributed by atoms with Crippen molar-refractivity contribution in [3.63, 3.8) is 0 Å². The van der Waals surface area contributed by atoms with Gasteiger partial charge >= 0.3 is 0 Å². The normalized spacial score (nSPS) is 12.2. The second-order valence-electron chi connectivity index (χ2n) is 3.48. The van der Waals surface area contributed by atoms with Gasteiger partial charge in [-0.3, -0.25) is 0 Å². The van der Waals surface area contributed by atoms with Gasteiger partial charge in [-0.25, -0.2) is 8.42 Å². The van der Waals surface area contributed by atoms with E-state index in [2.05, 4.69) is 0 Å². The fourth-order valence-electron chi connectivity index (χ4n) is 1.13. The van der Waals surface area contributed by atoms with Gasteiger partial charge in [0.15, 0.2) is 0 Å². The summed E-state index contributed by atoms with van der Waals surface area (Å²) in [5, 5.41) is 0.942. The van der Waals surface area contributed by atoms with Crippen LogP contribution in [0.3, 0.4) is 0 Å². The first kappa shape index (κ1) is 13.1. The molecule has 0 saturated heterocycles. The first-order valence-electron chi connectivity index (χ1n) is 4.77. The van der Waals surface area contributed by atoms with Gasteiger partial charge in [-0.15, -0.1) is 0 Å². The van der Waals surface area contributed by atoms with E-state index in [1.807, 2.05) is 19.9 Å². The third-order valence-electron chi connectivity index (χ3n) is 1.69. The lowest BCUT2D eigenvalue weighted by Crippen LogP contribution is -2.06. The third kappa shape index (κ3) is 4.68. The zero-order valence-electron chi connectivity index (χ0n) is 9.05. The molecule has 0 aliphatic carbocycles. The molecule has 0 aliphatic heterocycles. The number of halogens is 1. The standard InChI is InChI=1S/C11H13ClO3S/c1-9(2)15-11-6-4-3-5-10(11)7-8-16(12,13)14/h3-9H,1-2H3. The van der Waals surface area contributed by atoms with Crippen LogP contribution in [-0.2, 0) is 9.05 Å². The van der Waals surface area contributed by atoms with Gasteiger partial charge in [-0.2, -0.15) is 0 Å². The molecule has 3 nitrogen and oxygen atoms in total. The molecule has 0 atom stereocenters. The summed E-state index contributed by atoms with van der Waals surface area (Å²) >= 11 is 0. The first-order valence-corrected chi connectivity index (χ1v) is 7.14. The van der Waals surface area contributed by atoms with Crippen LogP contribution in [0.25, 0.3) is 6.08 Å². The van der Waals surface area contributed by atoms with Gasteiger partial charge in [-0.1, -0.05) is 18.2 Å². The Balaban J connectivity index is 3.00. The number of benzene rings is 1. The summed E-state index contributed by atoms with van der Waals surface area (Å²) in [5.74, 6) is 0.633. The van der Waals surface area contributed by atoms with Gasteiger partial charge < -0.3 is 4.74 Å². The molecule has 88 valence electrons. The van der Waals surface area contributed by atoms with Crippen LogP contribution in [0.1, 0.15) is 19.4 Å². The minimum Gasteiger partial charge on any atom is -0.490 e. The van der Waals surface area contributed by atoms with Gasteiger partial charge in [0, 0.05) is 21.7 Å². The van der Waals surface area contributed by atoms with Gasteiger partial charge in [-0.05, 0) is 26.0 Å². The number of hydrogen-bond acceptors (Lipinski definition) is 3. The van der Waals surface area contributed by atoms with Crippen molar-refractivity contribution in [3.05, 3.63) is 35.2 Å². The van der Waals surface area contributed by atoms with Crippen LogP contribution in [0.2, 0.25) is 0 Å². The summed E-state index contributed by atoms with van der Waals surface area (Å²) in [7, 11) is 1.45. The highest BCUT2D eigenvalue weighted by Gasteiger charge is 2.03. The highest BCUT2D eigenvalue weighted by Crippen LogP contribution is 2.21. The first-order chi connectivity index (χ1) is 7.38. The molecule has 0 unspecified atom stereocenters. The van der Waals surface area contributed by atoms with Crippen LogP contribution in [0.15, 0.2) is 29.7 Å². The van der Waals surface area contributed by atoms with E-state index in [1.54, 1.807) is 18.2 Å². The van der Waals surface area contributed by atoms with Crippen LogP contribution in [-0.4, -0.2) is 14.5 Å². The Morgan fingerprint density at radius 1 is 1.31 bits per heavy atom. The predicted molar refractivity (Wildman–Crippen MR) is 66.0 cm³/mol. The SMILES string of the molecule is CC(C)Oc1ccccc1C=CS(=O)(=O)Cl.